The summed E-state index contributed by atoms with van der Waals surface area (Å²) in [4.78, 5) is 83.9. The molecule has 3 unspecified atom stereocenters. The number of carbonyl (C=O) groups is 6. The largest absolute Gasteiger partial charge is 0.460 e. The molecule has 2 aromatic carbocycles. The molecular weight excluding hydrogens is 766 g/mol. The lowest BCUT2D eigenvalue weighted by Crippen LogP contribution is -2.78. The maximum absolute atomic E-state index is 14.9. The van der Waals surface area contributed by atoms with E-state index < -0.39 is 124 Å². The topological polar surface area (TPSA) is 221 Å². The molecule has 15 heteroatoms. The fraction of sp³-hybridized carbons (Fsp3) is 0.591. The van der Waals surface area contributed by atoms with Gasteiger partial charge < -0.3 is 44.3 Å². The van der Waals surface area contributed by atoms with Gasteiger partial charge in [-0.05, 0) is 52.3 Å². The number of hydrogen-bond donors (Lipinski definition) is 4. The number of aliphatic hydroxyl groups excluding tert-OH is 2. The molecule has 5 rings (SSSR count). The number of hydrogen-bond acceptors (Lipinski definition) is 14. The Balaban J connectivity index is 1.67. The summed E-state index contributed by atoms with van der Waals surface area (Å²) in [5, 5.41) is 39.5. The maximum atomic E-state index is 14.9. The van der Waals surface area contributed by atoms with Gasteiger partial charge in [0.05, 0.1) is 35.1 Å². The summed E-state index contributed by atoms with van der Waals surface area (Å²) in [5.74, 6) is -9.16. The lowest BCUT2D eigenvalue weighted by Gasteiger charge is -2.65. The van der Waals surface area contributed by atoms with Gasteiger partial charge in [0.25, 0.3) is 0 Å². The molecule has 322 valence electrons. The molecule has 3 fully saturated rings. The van der Waals surface area contributed by atoms with Crippen molar-refractivity contribution >= 4 is 35.6 Å². The summed E-state index contributed by atoms with van der Waals surface area (Å²) < 4.78 is 29.5. The van der Waals surface area contributed by atoms with E-state index in [0.717, 1.165) is 6.92 Å². The van der Waals surface area contributed by atoms with Crippen molar-refractivity contribution in [3.05, 3.63) is 71.8 Å². The Bertz CT molecular complexity index is 1930. The molecule has 59 heavy (non-hydrogen) atoms. The Morgan fingerprint density at radius 3 is 2.03 bits per heavy atom. The normalized spacial score (nSPS) is 33.8. The lowest BCUT2D eigenvalue weighted by molar-refractivity contribution is -0.296. The lowest BCUT2D eigenvalue weighted by atomic mass is 9.43. The van der Waals surface area contributed by atoms with Crippen molar-refractivity contribution in [1.82, 2.24) is 5.32 Å². The van der Waals surface area contributed by atoms with Crippen LogP contribution in [0.1, 0.15) is 97.1 Å². The van der Waals surface area contributed by atoms with E-state index in [-0.39, 0.29) is 12.0 Å². The minimum absolute atomic E-state index is 0.0604. The third-order valence-electron chi connectivity index (χ3n) is 12.9. The van der Waals surface area contributed by atoms with Crippen LogP contribution in [0.4, 0.5) is 4.79 Å². The van der Waals surface area contributed by atoms with E-state index in [4.69, 9.17) is 23.7 Å². The van der Waals surface area contributed by atoms with Gasteiger partial charge in [-0.2, -0.15) is 0 Å². The summed E-state index contributed by atoms with van der Waals surface area (Å²) in [6.45, 7) is 13.4. The van der Waals surface area contributed by atoms with Crippen LogP contribution in [0.2, 0.25) is 0 Å². The molecule has 0 saturated heterocycles. The van der Waals surface area contributed by atoms with Crippen LogP contribution in [0.15, 0.2) is 60.7 Å². The zero-order valence-corrected chi connectivity index (χ0v) is 35.2. The molecule has 3 aliphatic rings. The van der Waals surface area contributed by atoms with Gasteiger partial charge in [0.1, 0.15) is 29.0 Å². The Kier molecular flexibility index (Phi) is 12.6. The van der Waals surface area contributed by atoms with Gasteiger partial charge in [0, 0.05) is 44.1 Å². The second kappa shape index (κ2) is 16.4. The van der Waals surface area contributed by atoms with Crippen LogP contribution >= 0.6 is 0 Å². The van der Waals surface area contributed by atoms with E-state index in [0.29, 0.717) is 5.56 Å². The molecule has 3 saturated carbocycles. The summed E-state index contributed by atoms with van der Waals surface area (Å²) in [7, 11) is 1.31. The van der Waals surface area contributed by atoms with E-state index in [1.807, 2.05) is 0 Å². The minimum Gasteiger partial charge on any atom is -0.460 e. The second-order valence-corrected chi connectivity index (χ2v) is 18.0. The van der Waals surface area contributed by atoms with Crippen molar-refractivity contribution in [3.8, 4) is 0 Å². The molecule has 2 bridgehead atoms. The van der Waals surface area contributed by atoms with Gasteiger partial charge >= 0.3 is 24.0 Å². The maximum Gasteiger partial charge on any atom is 0.408 e. The molecule has 3 aliphatic carbocycles. The highest BCUT2D eigenvalue weighted by Gasteiger charge is 2.76. The Hall–Kier alpha value is -4.70. The van der Waals surface area contributed by atoms with E-state index >= 15 is 0 Å². The van der Waals surface area contributed by atoms with Crippen LogP contribution in [0, 0.1) is 28.6 Å². The summed E-state index contributed by atoms with van der Waals surface area (Å²) >= 11 is 0. The number of esters is 3. The monoisotopic (exact) mass is 823 g/mol. The SMILES string of the molecule is CO[C@@H]1C[C@H](O)[C@@]2(C)C(=O)C(=O)C3C(C)[C@@H](OC(=O)[C@H](O)C(NC(=O)OC(C)(C)C)c4ccccc4)C[C@@](O)([C@@H](OC(=O)c4ccccc4)[C@@H]2[C@@]1(C)OC(C)=O)C3(C)C. The molecule has 12 atom stereocenters. The van der Waals surface area contributed by atoms with Crippen LogP contribution in [-0.4, -0.2) is 105 Å². The first-order chi connectivity index (χ1) is 27.3. The predicted octanol–water partition coefficient (Wildman–Crippen LogP) is 4.04. The average Bonchev–Trinajstić information content (AvgIpc) is 3.15. The number of carbonyl (C=O) groups excluding carboxylic acids is 6. The zero-order valence-electron chi connectivity index (χ0n) is 35.2. The standard InChI is InChI=1S/C44H57NO14/c1-23-27(56-38(52)33(49)31(25-17-13-11-14-18-25)45-39(53)59-40(3,4)5)22-44(54)36(57-37(51)26-19-15-12-16-20-26)34-42(8,35(50)32(48)30(23)41(44,6)7)28(47)21-29(55-10)43(34,9)58-24(2)46/h11-20,23,27-31,33-34,36,47,49,54H,21-22H2,1-10H3,(H,45,53)/t23?,27-,28-,29+,30?,31?,33+,34-,36-,42+,43-,44+/m0/s1. The number of amides is 1. The second-order valence-electron chi connectivity index (χ2n) is 18.0. The van der Waals surface area contributed by atoms with Crippen molar-refractivity contribution < 1.29 is 67.8 Å². The number of methoxy groups -OCH3 is 1. The molecule has 2 aromatic rings. The average molecular weight is 824 g/mol. The van der Waals surface area contributed by atoms with Crippen LogP contribution < -0.4 is 5.32 Å². The number of alkyl carbamates (subject to hydrolysis) is 1. The van der Waals surface area contributed by atoms with Crippen molar-refractivity contribution in [2.45, 2.75) is 129 Å². The number of benzene rings is 2. The third-order valence-corrected chi connectivity index (χ3v) is 12.9. The van der Waals surface area contributed by atoms with Gasteiger partial charge in [0.2, 0.25) is 11.6 Å². The number of ether oxygens (including phenoxy) is 5. The van der Waals surface area contributed by atoms with Crippen LogP contribution in [-0.2, 0) is 42.9 Å². The van der Waals surface area contributed by atoms with E-state index in [2.05, 4.69) is 5.32 Å². The molecule has 0 heterocycles. The highest BCUT2D eigenvalue weighted by atomic mass is 16.6. The van der Waals surface area contributed by atoms with Gasteiger partial charge in [0.15, 0.2) is 6.10 Å². The Labute approximate surface area is 344 Å². The van der Waals surface area contributed by atoms with Crippen LogP contribution in [0.25, 0.3) is 0 Å². The minimum atomic E-state index is -2.39. The van der Waals surface area contributed by atoms with Crippen LogP contribution in [0.5, 0.6) is 0 Å². The summed E-state index contributed by atoms with van der Waals surface area (Å²) in [6.07, 6.45) is -9.82. The van der Waals surface area contributed by atoms with Gasteiger partial charge in [-0.1, -0.05) is 69.3 Å². The molecule has 0 radical (unpaired) electrons. The number of rotatable bonds is 9. The Morgan fingerprint density at radius 2 is 1.49 bits per heavy atom. The molecule has 0 aliphatic heterocycles. The third kappa shape index (κ3) is 8.14. The van der Waals surface area contributed by atoms with Crippen molar-refractivity contribution in [3.63, 3.8) is 0 Å². The number of fused-ring (bicyclic) bond motifs is 3. The van der Waals surface area contributed by atoms with Crippen molar-refractivity contribution in [2.24, 2.45) is 28.6 Å². The van der Waals surface area contributed by atoms with Gasteiger partial charge in [-0.25, -0.2) is 14.4 Å². The highest BCUT2D eigenvalue weighted by Crippen LogP contribution is 2.63. The molecule has 1 amide bonds. The van der Waals surface area contributed by atoms with E-state index in [1.165, 1.54) is 46.9 Å². The number of Topliss-reactive ketones (excluding diaryl/α,β-unsaturated/α-hetero) is 2. The summed E-state index contributed by atoms with van der Waals surface area (Å²) in [5.41, 5.74) is -8.62. The summed E-state index contributed by atoms with van der Waals surface area (Å²) in [6, 6.07) is 14.5. The fourth-order valence-corrected chi connectivity index (χ4v) is 9.86. The molecule has 4 N–H and O–H groups in total. The number of aliphatic hydroxyl groups is 3. The van der Waals surface area contributed by atoms with Gasteiger partial charge in [-0.3, -0.25) is 14.4 Å². The Morgan fingerprint density at radius 1 is 0.915 bits per heavy atom. The first kappa shape index (κ1) is 45.4. The molecular formula is C44H57NO14. The van der Waals surface area contributed by atoms with Crippen molar-refractivity contribution in [2.75, 3.05) is 7.11 Å². The van der Waals surface area contributed by atoms with E-state index in [9.17, 15) is 44.1 Å². The molecule has 0 aromatic heterocycles. The molecule has 15 nitrogen and oxygen atoms in total. The number of ketones is 2. The first-order valence-corrected chi connectivity index (χ1v) is 19.8. The molecule has 0 spiro atoms. The number of nitrogens with one attached hydrogen (secondary N) is 1. The van der Waals surface area contributed by atoms with Crippen molar-refractivity contribution in [1.29, 1.82) is 0 Å². The smallest absolute Gasteiger partial charge is 0.408 e. The van der Waals surface area contributed by atoms with E-state index in [1.54, 1.807) is 76.2 Å². The zero-order chi connectivity index (χ0) is 44.0. The van der Waals surface area contributed by atoms with Crippen LogP contribution in [0.3, 0.4) is 0 Å². The fourth-order valence-electron chi connectivity index (χ4n) is 9.86. The first-order valence-electron chi connectivity index (χ1n) is 19.8. The quantitative estimate of drug-likeness (QED) is 0.159. The van der Waals surface area contributed by atoms with Gasteiger partial charge in [-0.15, -0.1) is 0 Å². The predicted molar refractivity (Wildman–Crippen MR) is 209 cm³/mol. The highest BCUT2D eigenvalue weighted by molar-refractivity contribution is 6.40.